The van der Waals surface area contributed by atoms with E-state index >= 15 is 0 Å². The molecule has 4 N–H and O–H groups in total. The Morgan fingerprint density at radius 1 is 1.26 bits per heavy atom. The molecule has 1 atom stereocenters. The van der Waals surface area contributed by atoms with Gasteiger partial charge in [-0.1, -0.05) is 30.8 Å². The van der Waals surface area contributed by atoms with E-state index in [2.05, 4.69) is 46.3 Å². The van der Waals surface area contributed by atoms with E-state index in [0.29, 0.717) is 5.75 Å². The molecule has 1 saturated heterocycles. The lowest BCUT2D eigenvalue weighted by molar-refractivity contribution is 0.187. The maximum absolute atomic E-state index is 10.9. The third-order valence-electron chi connectivity index (χ3n) is 7.34. The first-order valence-electron chi connectivity index (χ1n) is 11.0. The minimum Gasteiger partial charge on any atom is -0.506 e. The molecule has 31 heavy (non-hydrogen) atoms. The lowest BCUT2D eigenvalue weighted by Gasteiger charge is -2.43. The highest BCUT2D eigenvalue weighted by Crippen LogP contribution is 2.52. The minimum atomic E-state index is 0.0677. The van der Waals surface area contributed by atoms with Crippen molar-refractivity contribution >= 4 is 17.0 Å². The van der Waals surface area contributed by atoms with E-state index in [1.54, 1.807) is 19.2 Å². The van der Waals surface area contributed by atoms with Gasteiger partial charge in [-0.05, 0) is 47.9 Å². The smallest absolute Gasteiger partial charge is 0.139 e. The summed E-state index contributed by atoms with van der Waals surface area (Å²) >= 11 is 0. The molecule has 162 valence electrons. The highest BCUT2D eigenvalue weighted by Gasteiger charge is 2.46. The SMILES string of the molecule is C=C(C1=NNCC1)c1c(OC)ccc(O)c1N1CCC2(CC1)Cc1ccccc1[C@H]2N. The first-order chi connectivity index (χ1) is 15.0. The largest absolute Gasteiger partial charge is 0.506 e. The number of methoxy groups -OCH3 is 1. The van der Waals surface area contributed by atoms with Crippen molar-refractivity contribution in [2.75, 3.05) is 31.6 Å². The Morgan fingerprint density at radius 3 is 2.71 bits per heavy atom. The molecule has 3 aliphatic rings. The number of nitrogens with zero attached hydrogens (tertiary/aromatic N) is 2. The monoisotopic (exact) mass is 418 g/mol. The Bertz CT molecular complexity index is 1050. The highest BCUT2D eigenvalue weighted by atomic mass is 16.5. The van der Waals surface area contributed by atoms with Crippen LogP contribution in [0.2, 0.25) is 0 Å². The van der Waals surface area contributed by atoms with Crippen molar-refractivity contribution in [3.05, 3.63) is 59.7 Å². The zero-order valence-corrected chi connectivity index (χ0v) is 18.0. The number of allylic oxidation sites excluding steroid dienone is 1. The molecule has 5 rings (SSSR count). The van der Waals surface area contributed by atoms with Gasteiger partial charge in [0.2, 0.25) is 0 Å². The number of benzene rings is 2. The molecule has 1 aliphatic carbocycles. The molecule has 0 radical (unpaired) electrons. The Hall–Kier alpha value is -2.99. The van der Waals surface area contributed by atoms with Gasteiger partial charge in [-0.15, -0.1) is 0 Å². The molecule has 2 aliphatic heterocycles. The van der Waals surface area contributed by atoms with Crippen LogP contribution in [0.3, 0.4) is 0 Å². The fraction of sp³-hybridized carbons (Fsp3) is 0.400. The van der Waals surface area contributed by atoms with Crippen molar-refractivity contribution in [2.45, 2.75) is 31.7 Å². The van der Waals surface area contributed by atoms with E-state index in [1.807, 2.05) is 0 Å². The molecular formula is C25H30N4O2. The second-order valence-electron chi connectivity index (χ2n) is 8.91. The summed E-state index contributed by atoms with van der Waals surface area (Å²) in [4.78, 5) is 2.27. The normalized spacial score (nSPS) is 21.5. The number of nitrogens with two attached hydrogens (primary N) is 1. The van der Waals surface area contributed by atoms with Gasteiger partial charge in [0.05, 0.1) is 24.1 Å². The first kappa shape index (κ1) is 19.9. The molecule has 2 heterocycles. The van der Waals surface area contributed by atoms with Crippen LogP contribution in [0.15, 0.2) is 48.1 Å². The van der Waals surface area contributed by atoms with Gasteiger partial charge in [0.25, 0.3) is 0 Å². The number of aromatic hydroxyl groups is 1. The minimum absolute atomic E-state index is 0.0677. The Balaban J connectivity index is 1.45. The van der Waals surface area contributed by atoms with Gasteiger partial charge < -0.3 is 25.9 Å². The van der Waals surface area contributed by atoms with Crippen LogP contribution in [-0.2, 0) is 6.42 Å². The van der Waals surface area contributed by atoms with Crippen molar-refractivity contribution < 1.29 is 9.84 Å². The van der Waals surface area contributed by atoms with Crippen LogP contribution in [0.1, 0.15) is 42.0 Å². The molecule has 0 amide bonds. The van der Waals surface area contributed by atoms with Crippen molar-refractivity contribution in [1.82, 2.24) is 5.43 Å². The molecule has 6 heteroatoms. The number of nitrogens with one attached hydrogen (secondary N) is 1. The summed E-state index contributed by atoms with van der Waals surface area (Å²) in [7, 11) is 1.65. The molecular weight excluding hydrogens is 388 g/mol. The number of anilines is 1. The number of piperidine rings is 1. The third-order valence-corrected chi connectivity index (χ3v) is 7.34. The Labute approximate surface area is 183 Å². The zero-order valence-electron chi connectivity index (χ0n) is 18.0. The summed E-state index contributed by atoms with van der Waals surface area (Å²) < 4.78 is 5.67. The third kappa shape index (κ3) is 3.17. The summed E-state index contributed by atoms with van der Waals surface area (Å²) in [6.45, 7) is 6.77. The average molecular weight is 419 g/mol. The van der Waals surface area contributed by atoms with Crippen LogP contribution >= 0.6 is 0 Å². The average Bonchev–Trinajstić information content (AvgIpc) is 3.42. The molecule has 6 nitrogen and oxygen atoms in total. The highest BCUT2D eigenvalue weighted by molar-refractivity contribution is 6.25. The molecule has 2 aromatic carbocycles. The van der Waals surface area contributed by atoms with Gasteiger partial charge in [0.1, 0.15) is 11.5 Å². The molecule has 0 saturated carbocycles. The Morgan fingerprint density at radius 2 is 2.03 bits per heavy atom. The standard InChI is InChI=1S/C25H30N4O2/c1-16(19-9-12-27-28-19)22-21(31-2)8-7-20(30)23(22)29-13-10-25(11-14-29)15-17-5-3-4-6-18(17)24(25)26/h3-8,24,27,30H,1,9-15,26H2,2H3/t24-/m1/s1. The van der Waals surface area contributed by atoms with Gasteiger partial charge in [0, 0.05) is 37.7 Å². The molecule has 0 aromatic heterocycles. The lowest BCUT2D eigenvalue weighted by Crippen LogP contribution is -2.44. The van der Waals surface area contributed by atoms with Gasteiger partial charge >= 0.3 is 0 Å². The predicted molar refractivity (Wildman–Crippen MR) is 125 cm³/mol. The number of phenolic OH excluding ortho intramolecular Hbond substituents is 1. The number of hydrogen-bond donors (Lipinski definition) is 3. The van der Waals surface area contributed by atoms with Crippen molar-refractivity contribution in [3.63, 3.8) is 0 Å². The van der Waals surface area contributed by atoms with Crippen LogP contribution in [-0.4, -0.2) is 37.6 Å². The summed E-state index contributed by atoms with van der Waals surface area (Å²) in [5, 5.41) is 15.3. The second kappa shape index (κ2) is 7.61. The maximum atomic E-state index is 10.9. The first-order valence-corrected chi connectivity index (χ1v) is 11.0. The molecule has 2 aromatic rings. The summed E-state index contributed by atoms with van der Waals surface area (Å²) in [5.41, 5.74) is 15.9. The summed E-state index contributed by atoms with van der Waals surface area (Å²) in [5.74, 6) is 0.955. The van der Waals surface area contributed by atoms with E-state index < -0.39 is 0 Å². The number of hydrazone groups is 1. The number of fused-ring (bicyclic) bond motifs is 1. The zero-order chi connectivity index (χ0) is 21.6. The van der Waals surface area contributed by atoms with E-state index in [4.69, 9.17) is 10.5 Å². The quantitative estimate of drug-likeness (QED) is 0.707. The maximum Gasteiger partial charge on any atom is 0.139 e. The van der Waals surface area contributed by atoms with Gasteiger partial charge in [0.15, 0.2) is 0 Å². The number of hydrogen-bond acceptors (Lipinski definition) is 6. The number of rotatable bonds is 4. The van der Waals surface area contributed by atoms with Gasteiger partial charge in [-0.3, -0.25) is 0 Å². The van der Waals surface area contributed by atoms with Crippen molar-refractivity contribution in [1.29, 1.82) is 0 Å². The van der Waals surface area contributed by atoms with Gasteiger partial charge in [-0.25, -0.2) is 0 Å². The van der Waals surface area contributed by atoms with Crippen molar-refractivity contribution in [2.24, 2.45) is 16.3 Å². The topological polar surface area (TPSA) is 83.1 Å². The van der Waals surface area contributed by atoms with Crippen LogP contribution in [0.25, 0.3) is 5.57 Å². The Kier molecular flexibility index (Phi) is 4.89. The van der Waals surface area contributed by atoms with Crippen LogP contribution in [0.4, 0.5) is 5.69 Å². The number of ether oxygens (including phenoxy) is 1. The molecule has 1 spiro atoms. The van der Waals surface area contributed by atoms with Crippen LogP contribution < -0.4 is 20.8 Å². The lowest BCUT2D eigenvalue weighted by atomic mass is 9.73. The van der Waals surface area contributed by atoms with Gasteiger partial charge in [-0.2, -0.15) is 5.10 Å². The molecule has 0 unspecified atom stereocenters. The predicted octanol–water partition coefficient (Wildman–Crippen LogP) is 3.61. The summed E-state index contributed by atoms with van der Waals surface area (Å²) in [6.07, 6.45) is 3.81. The molecule has 0 bridgehead atoms. The second-order valence-corrected chi connectivity index (χ2v) is 8.91. The fourth-order valence-corrected chi connectivity index (χ4v) is 5.57. The fourth-order valence-electron chi connectivity index (χ4n) is 5.57. The van der Waals surface area contributed by atoms with Crippen molar-refractivity contribution in [3.8, 4) is 11.5 Å². The number of phenols is 1. The van der Waals surface area contributed by atoms with Crippen LogP contribution in [0, 0.1) is 5.41 Å². The van der Waals surface area contributed by atoms with E-state index in [9.17, 15) is 5.11 Å². The van der Waals surface area contributed by atoms with E-state index in [-0.39, 0.29) is 17.2 Å². The summed E-state index contributed by atoms with van der Waals surface area (Å²) in [6, 6.07) is 12.2. The van der Waals surface area contributed by atoms with E-state index in [0.717, 1.165) is 67.9 Å². The van der Waals surface area contributed by atoms with E-state index in [1.165, 1.54) is 11.1 Å². The molecule has 1 fully saturated rings. The van der Waals surface area contributed by atoms with Crippen LogP contribution in [0.5, 0.6) is 11.5 Å².